The highest BCUT2D eigenvalue weighted by Gasteiger charge is 2.10. The number of hydrogen-bond donors (Lipinski definition) is 1. The molecule has 1 N–H and O–H groups in total. The normalized spacial score (nSPS) is 10.9. The molecule has 0 saturated carbocycles. The average Bonchev–Trinajstić information content (AvgIpc) is 2.81. The molecule has 20 heavy (non-hydrogen) atoms. The van der Waals surface area contributed by atoms with E-state index in [2.05, 4.69) is 4.98 Å². The maximum Gasteiger partial charge on any atom is 0.335 e. The Hall–Kier alpha value is -2.69. The summed E-state index contributed by atoms with van der Waals surface area (Å²) in [5.74, 6) is -1.27. The molecule has 0 amide bonds. The van der Waals surface area contributed by atoms with Gasteiger partial charge in [0.2, 0.25) is 0 Å². The second-order valence-corrected chi connectivity index (χ2v) is 4.55. The fraction of sp³-hybridized carbons (Fsp3) is 0.0667. The zero-order valence-corrected chi connectivity index (χ0v) is 10.7. The number of halogens is 1. The molecule has 0 unspecified atom stereocenters. The lowest BCUT2D eigenvalue weighted by Crippen LogP contribution is -1.98. The van der Waals surface area contributed by atoms with E-state index in [-0.39, 0.29) is 11.4 Å². The van der Waals surface area contributed by atoms with Crippen molar-refractivity contribution in [2.75, 3.05) is 0 Å². The van der Waals surface area contributed by atoms with Crippen LogP contribution in [-0.4, -0.2) is 20.6 Å². The zero-order valence-electron chi connectivity index (χ0n) is 10.7. The molecule has 100 valence electrons. The summed E-state index contributed by atoms with van der Waals surface area (Å²) in [6.07, 6.45) is 1.61. The van der Waals surface area contributed by atoms with E-state index in [1.165, 1.54) is 24.3 Å². The van der Waals surface area contributed by atoms with Crippen molar-refractivity contribution in [3.8, 4) is 5.69 Å². The molecular formula is C15H11FN2O2. The summed E-state index contributed by atoms with van der Waals surface area (Å²) in [6, 6.07) is 9.27. The molecule has 0 bridgehead atoms. The van der Waals surface area contributed by atoms with Gasteiger partial charge in [0.15, 0.2) is 0 Å². The average molecular weight is 270 g/mol. The molecule has 2 aromatic carbocycles. The summed E-state index contributed by atoms with van der Waals surface area (Å²) >= 11 is 0. The predicted molar refractivity (Wildman–Crippen MR) is 72.7 cm³/mol. The minimum Gasteiger partial charge on any atom is -0.478 e. The molecule has 0 radical (unpaired) electrons. The smallest absolute Gasteiger partial charge is 0.335 e. The third kappa shape index (κ3) is 1.93. The number of aromatic nitrogens is 2. The Morgan fingerprint density at radius 1 is 1.25 bits per heavy atom. The number of aromatic carboxylic acids is 1. The third-order valence-electron chi connectivity index (χ3n) is 3.21. The van der Waals surface area contributed by atoms with Crippen molar-refractivity contribution in [1.82, 2.24) is 9.55 Å². The second-order valence-electron chi connectivity index (χ2n) is 4.55. The topological polar surface area (TPSA) is 55.1 Å². The van der Waals surface area contributed by atoms with Crippen molar-refractivity contribution in [3.05, 3.63) is 59.7 Å². The van der Waals surface area contributed by atoms with Gasteiger partial charge in [0.05, 0.1) is 22.3 Å². The minimum absolute atomic E-state index is 0.193. The Labute approximate surface area is 114 Å². The van der Waals surface area contributed by atoms with E-state index < -0.39 is 5.97 Å². The summed E-state index contributed by atoms with van der Waals surface area (Å²) in [7, 11) is 0. The fourth-order valence-electron chi connectivity index (χ4n) is 2.23. The first kappa shape index (κ1) is 12.3. The number of rotatable bonds is 2. The Morgan fingerprint density at radius 2 is 2.05 bits per heavy atom. The highest BCUT2D eigenvalue weighted by atomic mass is 19.1. The molecule has 0 aliphatic heterocycles. The van der Waals surface area contributed by atoms with Crippen LogP contribution in [0.2, 0.25) is 0 Å². The monoisotopic (exact) mass is 270 g/mol. The van der Waals surface area contributed by atoms with Gasteiger partial charge >= 0.3 is 5.97 Å². The number of carbonyl (C=O) groups is 1. The predicted octanol–water partition coefficient (Wildman–Crippen LogP) is 3.17. The molecule has 0 fully saturated rings. The summed E-state index contributed by atoms with van der Waals surface area (Å²) in [5, 5.41) is 8.97. The van der Waals surface area contributed by atoms with Crippen molar-refractivity contribution < 1.29 is 14.3 Å². The van der Waals surface area contributed by atoms with Gasteiger partial charge in [-0.15, -0.1) is 0 Å². The van der Waals surface area contributed by atoms with E-state index in [9.17, 15) is 9.18 Å². The van der Waals surface area contributed by atoms with Crippen LogP contribution in [0.5, 0.6) is 0 Å². The van der Waals surface area contributed by atoms with Gasteiger partial charge in [-0.1, -0.05) is 0 Å². The standard InChI is InChI=1S/C15H11FN2O2/c1-9-6-11(16)3-5-13(9)18-8-17-12-7-10(15(19)20)2-4-14(12)18/h2-8H,1H3,(H,19,20). The second kappa shape index (κ2) is 4.45. The van der Waals surface area contributed by atoms with Gasteiger partial charge < -0.3 is 5.11 Å². The van der Waals surface area contributed by atoms with Gasteiger partial charge in [0.25, 0.3) is 0 Å². The maximum absolute atomic E-state index is 13.2. The Bertz CT molecular complexity index is 824. The van der Waals surface area contributed by atoms with Crippen LogP contribution in [0.25, 0.3) is 16.7 Å². The van der Waals surface area contributed by atoms with E-state index >= 15 is 0 Å². The van der Waals surface area contributed by atoms with Gasteiger partial charge in [-0.3, -0.25) is 4.57 Å². The minimum atomic E-state index is -0.987. The first-order valence-corrected chi connectivity index (χ1v) is 6.03. The molecule has 0 aliphatic rings. The van der Waals surface area contributed by atoms with Gasteiger partial charge in [-0.25, -0.2) is 14.2 Å². The number of carboxylic acid groups (broad SMARTS) is 1. The highest BCUT2D eigenvalue weighted by Crippen LogP contribution is 2.22. The molecule has 1 heterocycles. The molecular weight excluding hydrogens is 259 g/mol. The van der Waals surface area contributed by atoms with Crippen molar-refractivity contribution in [3.63, 3.8) is 0 Å². The summed E-state index contributed by atoms with van der Waals surface area (Å²) in [4.78, 5) is 15.1. The molecule has 0 saturated heterocycles. The summed E-state index contributed by atoms with van der Waals surface area (Å²) in [6.45, 7) is 1.82. The molecule has 0 spiro atoms. The molecule has 3 rings (SSSR count). The largest absolute Gasteiger partial charge is 0.478 e. The number of nitrogens with zero attached hydrogens (tertiary/aromatic N) is 2. The van der Waals surface area contributed by atoms with Crippen LogP contribution in [0.4, 0.5) is 4.39 Å². The maximum atomic E-state index is 13.2. The van der Waals surface area contributed by atoms with E-state index in [1.54, 1.807) is 18.5 Å². The van der Waals surface area contributed by atoms with Crippen LogP contribution in [0.15, 0.2) is 42.7 Å². The Kier molecular flexibility index (Phi) is 2.75. The number of aryl methyl sites for hydroxylation is 1. The molecule has 3 aromatic rings. The first-order chi connectivity index (χ1) is 9.56. The first-order valence-electron chi connectivity index (χ1n) is 6.03. The molecule has 0 aliphatic carbocycles. The molecule has 5 heteroatoms. The molecule has 4 nitrogen and oxygen atoms in total. The molecule has 1 aromatic heterocycles. The number of benzene rings is 2. The quantitative estimate of drug-likeness (QED) is 0.778. The lowest BCUT2D eigenvalue weighted by molar-refractivity contribution is 0.0697. The van der Waals surface area contributed by atoms with Crippen molar-refractivity contribution in [2.45, 2.75) is 6.92 Å². The molecule has 0 atom stereocenters. The van der Waals surface area contributed by atoms with E-state index in [0.717, 1.165) is 16.8 Å². The Balaban J connectivity index is 2.20. The van der Waals surface area contributed by atoms with Crippen LogP contribution < -0.4 is 0 Å². The summed E-state index contributed by atoms with van der Waals surface area (Å²) < 4.78 is 15.0. The van der Waals surface area contributed by atoms with E-state index in [4.69, 9.17) is 5.11 Å². The lowest BCUT2D eigenvalue weighted by atomic mass is 10.1. The van der Waals surface area contributed by atoms with Crippen LogP contribution in [-0.2, 0) is 0 Å². The zero-order chi connectivity index (χ0) is 14.3. The highest BCUT2D eigenvalue weighted by molar-refractivity contribution is 5.92. The third-order valence-corrected chi connectivity index (χ3v) is 3.21. The van der Waals surface area contributed by atoms with E-state index in [0.29, 0.717) is 5.52 Å². The van der Waals surface area contributed by atoms with Crippen molar-refractivity contribution in [1.29, 1.82) is 0 Å². The van der Waals surface area contributed by atoms with Crippen LogP contribution >= 0.6 is 0 Å². The van der Waals surface area contributed by atoms with Crippen molar-refractivity contribution >= 4 is 17.0 Å². The number of carboxylic acids is 1. The fourth-order valence-corrected chi connectivity index (χ4v) is 2.23. The SMILES string of the molecule is Cc1cc(F)ccc1-n1cnc2cc(C(=O)O)ccc21. The van der Waals surface area contributed by atoms with Crippen molar-refractivity contribution in [2.24, 2.45) is 0 Å². The number of fused-ring (bicyclic) bond motifs is 1. The Morgan fingerprint density at radius 3 is 2.75 bits per heavy atom. The van der Waals surface area contributed by atoms with Crippen LogP contribution in [0.1, 0.15) is 15.9 Å². The van der Waals surface area contributed by atoms with Gasteiger partial charge in [0, 0.05) is 0 Å². The van der Waals surface area contributed by atoms with E-state index in [1.807, 2.05) is 11.5 Å². The number of hydrogen-bond acceptors (Lipinski definition) is 2. The lowest BCUT2D eigenvalue weighted by Gasteiger charge is -2.08. The summed E-state index contributed by atoms with van der Waals surface area (Å²) in [5.41, 5.74) is 3.17. The van der Waals surface area contributed by atoms with Gasteiger partial charge in [0.1, 0.15) is 12.1 Å². The van der Waals surface area contributed by atoms with Gasteiger partial charge in [-0.05, 0) is 48.9 Å². The number of imidazole rings is 1. The van der Waals surface area contributed by atoms with Crippen LogP contribution in [0.3, 0.4) is 0 Å². The van der Waals surface area contributed by atoms with Gasteiger partial charge in [-0.2, -0.15) is 0 Å². The van der Waals surface area contributed by atoms with Crippen LogP contribution in [0, 0.1) is 12.7 Å².